The van der Waals surface area contributed by atoms with Gasteiger partial charge in [-0.15, -0.1) is 0 Å². The van der Waals surface area contributed by atoms with Crippen LogP contribution in [0.3, 0.4) is 0 Å². The van der Waals surface area contributed by atoms with Crippen molar-refractivity contribution in [3.05, 3.63) is 81.1 Å². The van der Waals surface area contributed by atoms with Gasteiger partial charge in [-0.2, -0.15) is 0 Å². The lowest BCUT2D eigenvalue weighted by Crippen LogP contribution is -1.98. The minimum atomic E-state index is -0.509. The average molecular weight is 358 g/mol. The zero-order valence-electron chi connectivity index (χ0n) is 12.8. The number of nitrogens with zero attached hydrogens (tertiary/aromatic N) is 1. The van der Waals surface area contributed by atoms with E-state index in [4.69, 9.17) is 20.8 Å². The smallest absolute Gasteiger partial charge is 0.270 e. The van der Waals surface area contributed by atoms with Gasteiger partial charge in [-0.1, -0.05) is 29.8 Å². The zero-order valence-corrected chi connectivity index (χ0v) is 13.6. The fourth-order valence-corrected chi connectivity index (χ4v) is 2.47. The molecular weight excluding hydrogens is 346 g/mol. The summed E-state index contributed by atoms with van der Waals surface area (Å²) in [5.74, 6) is 0.816. The van der Waals surface area contributed by atoms with E-state index in [0.29, 0.717) is 28.4 Å². The average Bonchev–Trinajstić information content (AvgIpc) is 3.10. The normalized spacial score (nSPS) is 10.4. The Hall–Kier alpha value is -3.12. The van der Waals surface area contributed by atoms with Gasteiger partial charge in [0.25, 0.3) is 5.69 Å². The first-order chi connectivity index (χ1) is 12.1. The number of non-ortho nitro benzene ring substituents is 1. The number of benzene rings is 2. The minimum absolute atomic E-state index is 0.107. The zero-order chi connectivity index (χ0) is 17.8. The highest BCUT2D eigenvalue weighted by Gasteiger charge is 2.17. The van der Waals surface area contributed by atoms with Crippen molar-refractivity contribution in [3.8, 4) is 17.1 Å². The van der Waals surface area contributed by atoms with Gasteiger partial charge in [0.2, 0.25) is 0 Å². The Morgan fingerprint density at radius 2 is 1.96 bits per heavy atom. The van der Waals surface area contributed by atoms with Gasteiger partial charge in [-0.3, -0.25) is 14.9 Å². The summed E-state index contributed by atoms with van der Waals surface area (Å²) in [4.78, 5) is 21.3. The highest BCUT2D eigenvalue weighted by atomic mass is 35.5. The molecule has 0 saturated carbocycles. The molecule has 0 spiro atoms. The van der Waals surface area contributed by atoms with Crippen LogP contribution in [0.2, 0.25) is 5.02 Å². The lowest BCUT2D eigenvalue weighted by Gasteiger charge is -2.11. The predicted octanol–water partition coefficient (Wildman–Crippen LogP) is 4.90. The molecule has 0 atom stereocenters. The maximum absolute atomic E-state index is 11.0. The van der Waals surface area contributed by atoms with Gasteiger partial charge < -0.3 is 9.15 Å². The van der Waals surface area contributed by atoms with Crippen molar-refractivity contribution in [1.82, 2.24) is 0 Å². The molecule has 0 aliphatic heterocycles. The molecule has 0 aliphatic carbocycles. The highest BCUT2D eigenvalue weighted by Crippen LogP contribution is 2.35. The van der Waals surface area contributed by atoms with Crippen LogP contribution in [0.25, 0.3) is 11.3 Å². The second-order valence-corrected chi connectivity index (χ2v) is 5.54. The number of nitro groups is 1. The van der Waals surface area contributed by atoms with Crippen LogP contribution in [0.15, 0.2) is 59.0 Å². The number of furan rings is 1. The van der Waals surface area contributed by atoms with Crippen molar-refractivity contribution >= 4 is 23.6 Å². The summed E-state index contributed by atoms with van der Waals surface area (Å²) >= 11 is 6.11. The number of hydrogen-bond acceptors (Lipinski definition) is 5. The Bertz CT molecular complexity index is 935. The molecule has 0 saturated heterocycles. The maximum Gasteiger partial charge on any atom is 0.270 e. The molecule has 0 unspecified atom stereocenters. The number of halogens is 1. The fourth-order valence-electron chi connectivity index (χ4n) is 2.28. The second-order valence-electron chi connectivity index (χ2n) is 5.14. The predicted molar refractivity (Wildman–Crippen MR) is 92.0 cm³/mol. The van der Waals surface area contributed by atoms with Crippen LogP contribution in [-0.2, 0) is 6.61 Å². The molecular formula is C18H12ClNO5. The van der Waals surface area contributed by atoms with E-state index in [1.54, 1.807) is 12.1 Å². The van der Waals surface area contributed by atoms with Crippen molar-refractivity contribution in [1.29, 1.82) is 0 Å². The molecule has 2 aromatic carbocycles. The summed E-state index contributed by atoms with van der Waals surface area (Å²) in [6.07, 6.45) is 0.561. The van der Waals surface area contributed by atoms with Crippen LogP contribution in [0.5, 0.6) is 5.75 Å². The molecule has 25 heavy (non-hydrogen) atoms. The SMILES string of the molecule is O=Cc1ccc(-c2cc([N+](=O)[O-])ccc2OCc2ccccc2Cl)o1. The summed E-state index contributed by atoms with van der Waals surface area (Å²) in [6, 6.07) is 14.4. The Morgan fingerprint density at radius 3 is 2.64 bits per heavy atom. The molecule has 0 aliphatic rings. The lowest BCUT2D eigenvalue weighted by atomic mass is 10.1. The monoisotopic (exact) mass is 357 g/mol. The van der Waals surface area contributed by atoms with Crippen LogP contribution in [-0.4, -0.2) is 11.2 Å². The Labute approximate surface area is 147 Å². The highest BCUT2D eigenvalue weighted by molar-refractivity contribution is 6.31. The van der Waals surface area contributed by atoms with Gasteiger partial charge in [-0.05, 0) is 24.3 Å². The summed E-state index contributed by atoms with van der Waals surface area (Å²) in [5.41, 5.74) is 1.06. The van der Waals surface area contributed by atoms with Gasteiger partial charge in [0.15, 0.2) is 12.0 Å². The van der Waals surface area contributed by atoms with Gasteiger partial charge in [0.05, 0.1) is 10.5 Å². The number of carbonyl (C=O) groups excluding carboxylic acids is 1. The van der Waals surface area contributed by atoms with Crippen molar-refractivity contribution in [2.75, 3.05) is 0 Å². The van der Waals surface area contributed by atoms with Crippen LogP contribution in [0, 0.1) is 10.1 Å². The number of nitro benzene ring substituents is 1. The number of ether oxygens (including phenoxy) is 1. The van der Waals surface area contributed by atoms with E-state index >= 15 is 0 Å². The van der Waals surface area contributed by atoms with Gasteiger partial charge in [0, 0.05) is 22.7 Å². The standard InChI is InChI=1S/C18H12ClNO5/c19-16-4-2-1-3-12(16)11-24-17-7-5-13(20(22)23)9-15(17)18-8-6-14(10-21)25-18/h1-10H,11H2. The Kier molecular flexibility index (Phi) is 4.81. The molecule has 0 bridgehead atoms. The van der Waals surface area contributed by atoms with E-state index in [1.165, 1.54) is 24.3 Å². The number of hydrogen-bond donors (Lipinski definition) is 0. The molecule has 0 fully saturated rings. The molecule has 1 heterocycles. The fraction of sp³-hybridized carbons (Fsp3) is 0.0556. The van der Waals surface area contributed by atoms with Crippen molar-refractivity contribution in [2.24, 2.45) is 0 Å². The molecule has 0 radical (unpaired) electrons. The van der Waals surface area contributed by atoms with Crippen LogP contribution in [0.4, 0.5) is 5.69 Å². The number of rotatable bonds is 6. The van der Waals surface area contributed by atoms with E-state index in [0.717, 1.165) is 5.56 Å². The van der Waals surface area contributed by atoms with Crippen LogP contribution < -0.4 is 4.74 Å². The second kappa shape index (κ2) is 7.19. The summed E-state index contributed by atoms with van der Waals surface area (Å²) in [7, 11) is 0. The molecule has 3 rings (SSSR count). The van der Waals surface area contributed by atoms with Crippen LogP contribution >= 0.6 is 11.6 Å². The largest absolute Gasteiger partial charge is 0.488 e. The molecule has 0 N–H and O–H groups in total. The van der Waals surface area contributed by atoms with E-state index in [-0.39, 0.29) is 18.1 Å². The first-order valence-corrected chi connectivity index (χ1v) is 7.66. The van der Waals surface area contributed by atoms with E-state index in [1.807, 2.05) is 18.2 Å². The molecule has 6 nitrogen and oxygen atoms in total. The van der Waals surface area contributed by atoms with Gasteiger partial charge in [0.1, 0.15) is 18.1 Å². The molecule has 1 aromatic heterocycles. The molecule has 0 amide bonds. The van der Waals surface area contributed by atoms with E-state index in [2.05, 4.69) is 0 Å². The van der Waals surface area contributed by atoms with Crippen molar-refractivity contribution in [2.45, 2.75) is 6.61 Å². The summed E-state index contributed by atoms with van der Waals surface area (Å²) in [6.45, 7) is 0.186. The first kappa shape index (κ1) is 16.7. The topological polar surface area (TPSA) is 82.6 Å². The quantitative estimate of drug-likeness (QED) is 0.356. The Morgan fingerprint density at radius 1 is 1.16 bits per heavy atom. The van der Waals surface area contributed by atoms with Gasteiger partial charge >= 0.3 is 0 Å². The van der Waals surface area contributed by atoms with Gasteiger partial charge in [-0.25, -0.2) is 0 Å². The third-order valence-corrected chi connectivity index (χ3v) is 3.89. The number of carbonyl (C=O) groups is 1. The summed E-state index contributed by atoms with van der Waals surface area (Å²) in [5, 5.41) is 11.6. The Balaban J connectivity index is 1.96. The maximum atomic E-state index is 11.0. The molecule has 7 heteroatoms. The van der Waals surface area contributed by atoms with E-state index in [9.17, 15) is 14.9 Å². The molecule has 3 aromatic rings. The van der Waals surface area contributed by atoms with Crippen molar-refractivity contribution < 1.29 is 18.9 Å². The third-order valence-electron chi connectivity index (χ3n) is 3.52. The first-order valence-electron chi connectivity index (χ1n) is 7.28. The summed E-state index contributed by atoms with van der Waals surface area (Å²) < 4.78 is 11.2. The minimum Gasteiger partial charge on any atom is -0.488 e. The lowest BCUT2D eigenvalue weighted by molar-refractivity contribution is -0.384. The molecule has 126 valence electrons. The van der Waals surface area contributed by atoms with Crippen molar-refractivity contribution in [3.63, 3.8) is 0 Å². The van der Waals surface area contributed by atoms with E-state index < -0.39 is 4.92 Å². The number of aldehydes is 1. The third kappa shape index (κ3) is 3.70. The van der Waals surface area contributed by atoms with Crippen LogP contribution in [0.1, 0.15) is 16.1 Å².